The minimum absolute atomic E-state index is 0.299. The van der Waals surface area contributed by atoms with Gasteiger partial charge in [-0.05, 0) is 43.7 Å². The quantitative estimate of drug-likeness (QED) is 0.781. The van der Waals surface area contributed by atoms with Crippen molar-refractivity contribution in [1.29, 1.82) is 0 Å². The first-order valence-corrected chi connectivity index (χ1v) is 8.64. The average Bonchev–Trinajstić information content (AvgIpc) is 2.37. The van der Waals surface area contributed by atoms with Gasteiger partial charge in [-0.15, -0.1) is 0 Å². The van der Waals surface area contributed by atoms with E-state index in [4.69, 9.17) is 0 Å². The molecule has 3 nitrogen and oxygen atoms in total. The van der Waals surface area contributed by atoms with E-state index in [0.717, 1.165) is 19.0 Å². The molecule has 0 spiro atoms. The third-order valence-corrected chi connectivity index (χ3v) is 4.75. The average molecular weight is 261 g/mol. The number of sulfone groups is 1. The van der Waals surface area contributed by atoms with E-state index < -0.39 is 9.84 Å². The Morgan fingerprint density at radius 1 is 1.18 bits per heavy atom. The molecule has 1 fully saturated rings. The summed E-state index contributed by atoms with van der Waals surface area (Å²) in [5, 5.41) is 0. The Morgan fingerprint density at radius 2 is 1.82 bits per heavy atom. The number of hydrogen-bond acceptors (Lipinski definition) is 3. The zero-order chi connectivity index (χ0) is 13.1. The summed E-state index contributed by atoms with van der Waals surface area (Å²) < 4.78 is 22.3. The molecule has 0 aromatic heterocycles. The molecule has 102 valence electrons. The van der Waals surface area contributed by atoms with E-state index in [2.05, 4.69) is 25.7 Å². The maximum atomic E-state index is 11.2. The van der Waals surface area contributed by atoms with Crippen LogP contribution in [0.3, 0.4) is 0 Å². The van der Waals surface area contributed by atoms with Crippen LogP contribution in [0.1, 0.15) is 40.0 Å². The van der Waals surface area contributed by atoms with Gasteiger partial charge < -0.3 is 4.90 Å². The molecular weight excluding hydrogens is 234 g/mol. The molecule has 1 rings (SSSR count). The van der Waals surface area contributed by atoms with Gasteiger partial charge in [-0.3, -0.25) is 0 Å². The van der Waals surface area contributed by atoms with Crippen molar-refractivity contribution in [3.05, 3.63) is 0 Å². The molecule has 17 heavy (non-hydrogen) atoms. The van der Waals surface area contributed by atoms with E-state index in [1.54, 1.807) is 0 Å². The van der Waals surface area contributed by atoms with E-state index >= 15 is 0 Å². The third-order valence-electron chi connectivity index (χ3n) is 3.82. The smallest absolute Gasteiger partial charge is 0.148 e. The van der Waals surface area contributed by atoms with Crippen molar-refractivity contribution in [1.82, 2.24) is 4.90 Å². The van der Waals surface area contributed by atoms with Gasteiger partial charge >= 0.3 is 0 Å². The van der Waals surface area contributed by atoms with Crippen molar-refractivity contribution in [2.24, 2.45) is 11.3 Å². The summed E-state index contributed by atoms with van der Waals surface area (Å²) in [4.78, 5) is 2.31. The summed E-state index contributed by atoms with van der Waals surface area (Å²) in [6, 6.07) is 0. The molecular formula is C13H27NO2S. The van der Waals surface area contributed by atoms with Crippen molar-refractivity contribution in [2.45, 2.75) is 40.0 Å². The SMILES string of the molecule is CC(C)(C)[C@@H]1CCCN(CCS(C)(=O)=O)CC1. The van der Waals surface area contributed by atoms with Gasteiger partial charge in [-0.1, -0.05) is 20.8 Å². The van der Waals surface area contributed by atoms with E-state index in [1.807, 2.05) is 0 Å². The van der Waals surface area contributed by atoms with Crippen molar-refractivity contribution in [3.8, 4) is 0 Å². The fraction of sp³-hybridized carbons (Fsp3) is 1.00. The van der Waals surface area contributed by atoms with E-state index in [9.17, 15) is 8.42 Å². The lowest BCUT2D eigenvalue weighted by Gasteiger charge is -2.29. The number of likely N-dealkylation sites (tertiary alicyclic amines) is 1. The maximum Gasteiger partial charge on any atom is 0.148 e. The van der Waals surface area contributed by atoms with Crippen LogP contribution in [0.25, 0.3) is 0 Å². The van der Waals surface area contributed by atoms with Crippen molar-refractivity contribution >= 4 is 9.84 Å². The highest BCUT2D eigenvalue weighted by atomic mass is 32.2. The van der Waals surface area contributed by atoms with Crippen LogP contribution in [0.4, 0.5) is 0 Å². The Morgan fingerprint density at radius 3 is 2.35 bits per heavy atom. The molecule has 0 radical (unpaired) electrons. The first-order chi connectivity index (χ1) is 7.68. The van der Waals surface area contributed by atoms with Gasteiger partial charge in [-0.25, -0.2) is 8.42 Å². The summed E-state index contributed by atoms with van der Waals surface area (Å²) >= 11 is 0. The number of nitrogens with zero attached hydrogens (tertiary/aromatic N) is 1. The Balaban J connectivity index is 2.43. The van der Waals surface area contributed by atoms with Gasteiger partial charge in [0, 0.05) is 12.8 Å². The van der Waals surface area contributed by atoms with Crippen LogP contribution in [-0.4, -0.2) is 45.0 Å². The molecule has 0 aromatic rings. The van der Waals surface area contributed by atoms with Gasteiger partial charge in [0.1, 0.15) is 9.84 Å². The number of hydrogen-bond donors (Lipinski definition) is 0. The second kappa shape index (κ2) is 5.70. The first-order valence-electron chi connectivity index (χ1n) is 6.58. The minimum atomic E-state index is -2.82. The third kappa shape index (κ3) is 5.87. The molecule has 1 aliphatic rings. The summed E-state index contributed by atoms with van der Waals surface area (Å²) in [6.45, 7) is 9.74. The van der Waals surface area contributed by atoms with Crippen molar-refractivity contribution in [3.63, 3.8) is 0 Å². The molecule has 0 aliphatic carbocycles. The molecule has 0 unspecified atom stereocenters. The molecule has 0 N–H and O–H groups in total. The highest BCUT2D eigenvalue weighted by Crippen LogP contribution is 2.34. The van der Waals surface area contributed by atoms with Crippen molar-refractivity contribution < 1.29 is 8.42 Å². The van der Waals surface area contributed by atoms with E-state index in [1.165, 1.54) is 25.5 Å². The van der Waals surface area contributed by atoms with Gasteiger partial charge in [0.05, 0.1) is 5.75 Å². The molecule has 0 saturated carbocycles. The Kier molecular flexibility index (Phi) is 5.02. The largest absolute Gasteiger partial charge is 0.302 e. The molecule has 4 heteroatoms. The Bertz CT molecular complexity index is 330. The molecule has 1 saturated heterocycles. The fourth-order valence-corrected chi connectivity index (χ4v) is 3.13. The zero-order valence-electron chi connectivity index (χ0n) is 11.7. The summed E-state index contributed by atoms with van der Waals surface area (Å²) in [5.74, 6) is 1.07. The van der Waals surface area contributed by atoms with Gasteiger partial charge in [0.2, 0.25) is 0 Å². The van der Waals surface area contributed by atoms with Crippen LogP contribution in [0.5, 0.6) is 0 Å². The normalized spacial score (nSPS) is 24.6. The monoisotopic (exact) mass is 261 g/mol. The van der Waals surface area contributed by atoms with Crippen LogP contribution >= 0.6 is 0 Å². The van der Waals surface area contributed by atoms with Gasteiger partial charge in [0.15, 0.2) is 0 Å². The molecule has 0 bridgehead atoms. The molecule has 1 aliphatic heterocycles. The Hall–Kier alpha value is -0.0900. The maximum absolute atomic E-state index is 11.2. The lowest BCUT2D eigenvalue weighted by Crippen LogP contribution is -2.30. The lowest BCUT2D eigenvalue weighted by atomic mass is 9.77. The first kappa shape index (κ1) is 15.0. The lowest BCUT2D eigenvalue weighted by molar-refractivity contribution is 0.210. The molecule has 0 amide bonds. The predicted octanol–water partition coefficient (Wildman–Crippen LogP) is 2.18. The van der Waals surface area contributed by atoms with Crippen molar-refractivity contribution in [2.75, 3.05) is 31.6 Å². The molecule has 1 heterocycles. The predicted molar refractivity (Wildman–Crippen MR) is 72.9 cm³/mol. The van der Waals surface area contributed by atoms with Crippen LogP contribution in [0.15, 0.2) is 0 Å². The van der Waals surface area contributed by atoms with Crippen LogP contribution in [0.2, 0.25) is 0 Å². The fourth-order valence-electron chi connectivity index (χ4n) is 2.54. The highest BCUT2D eigenvalue weighted by Gasteiger charge is 2.27. The van der Waals surface area contributed by atoms with Crippen LogP contribution in [-0.2, 0) is 9.84 Å². The molecule has 0 aromatic carbocycles. The van der Waals surface area contributed by atoms with Crippen LogP contribution < -0.4 is 0 Å². The van der Waals surface area contributed by atoms with E-state index in [0.29, 0.717) is 17.7 Å². The van der Waals surface area contributed by atoms with E-state index in [-0.39, 0.29) is 0 Å². The topological polar surface area (TPSA) is 37.4 Å². The van der Waals surface area contributed by atoms with Gasteiger partial charge in [-0.2, -0.15) is 0 Å². The summed E-state index contributed by atoms with van der Waals surface area (Å²) in [7, 11) is -2.82. The second-order valence-corrected chi connectivity index (χ2v) is 8.73. The second-order valence-electron chi connectivity index (χ2n) is 6.47. The summed E-state index contributed by atoms with van der Waals surface area (Å²) in [6.07, 6.45) is 5.00. The number of rotatable bonds is 3. The highest BCUT2D eigenvalue weighted by molar-refractivity contribution is 7.90. The standard InChI is InChI=1S/C13H27NO2S/c1-13(2,3)12-6-5-8-14(9-7-12)10-11-17(4,15)16/h12H,5-11H2,1-4H3/t12-/m1/s1. The van der Waals surface area contributed by atoms with Crippen LogP contribution in [0, 0.1) is 11.3 Å². The minimum Gasteiger partial charge on any atom is -0.302 e. The Labute approximate surface area is 106 Å². The summed E-state index contributed by atoms with van der Waals surface area (Å²) in [5.41, 5.74) is 0.382. The zero-order valence-corrected chi connectivity index (χ0v) is 12.5. The molecule has 1 atom stereocenters. The van der Waals surface area contributed by atoms with Gasteiger partial charge in [0.25, 0.3) is 0 Å².